The molecule has 0 amide bonds. The van der Waals surface area contributed by atoms with Crippen LogP contribution < -0.4 is 4.74 Å². The summed E-state index contributed by atoms with van der Waals surface area (Å²) in [7, 11) is 1.48. The maximum absolute atomic E-state index is 13.1. The fourth-order valence-corrected chi connectivity index (χ4v) is 4.13. The number of fused-ring (bicyclic) bond motifs is 5. The highest BCUT2D eigenvalue weighted by Gasteiger charge is 2.46. The molecule has 0 aromatic heterocycles. The lowest BCUT2D eigenvalue weighted by molar-refractivity contribution is -0.00868. The number of phenolic OH excluding ortho intramolecular Hbond substituents is 1. The van der Waals surface area contributed by atoms with E-state index in [2.05, 4.69) is 0 Å². The average Bonchev–Trinajstić information content (AvgIpc) is 2.70. The van der Waals surface area contributed by atoms with Crippen molar-refractivity contribution in [2.24, 2.45) is 0 Å². The molecule has 6 heteroatoms. The van der Waals surface area contributed by atoms with Gasteiger partial charge in [0.15, 0.2) is 23.0 Å². The first-order valence-electron chi connectivity index (χ1n) is 8.67. The Morgan fingerprint density at radius 3 is 2.59 bits per heavy atom. The first kappa shape index (κ1) is 16.1. The fraction of sp³-hybridized carbons (Fsp3) is 0.238. The number of methoxy groups -OCH3 is 1. The van der Waals surface area contributed by atoms with Gasteiger partial charge < -0.3 is 19.3 Å². The van der Waals surface area contributed by atoms with E-state index in [9.17, 15) is 14.7 Å². The molecule has 0 spiro atoms. The molecule has 0 unspecified atom stereocenters. The number of hydrogen-bond donors (Lipinski definition) is 1. The molecule has 3 aliphatic rings. The molecule has 2 aromatic rings. The van der Waals surface area contributed by atoms with Crippen LogP contribution >= 0.6 is 0 Å². The standard InChI is InChI=1S/C21H16O6/c1-25-16-6-10-8-26-20-14(13(10)7-15(16)22)9-27-21-17(20)18(23)11-4-2-3-5-12(11)19(21)24/h2-7,14,20,22H,8-9H2,1H3/t14-,20+/m1/s1. The molecular formula is C21H16O6. The van der Waals surface area contributed by atoms with E-state index in [0.29, 0.717) is 16.9 Å². The number of benzene rings is 2. The van der Waals surface area contributed by atoms with Crippen molar-refractivity contribution < 1.29 is 28.9 Å². The minimum atomic E-state index is -0.584. The molecule has 0 saturated heterocycles. The topological polar surface area (TPSA) is 82.1 Å². The molecule has 2 heterocycles. The number of aromatic hydroxyl groups is 1. The Kier molecular flexibility index (Phi) is 3.39. The van der Waals surface area contributed by atoms with Gasteiger partial charge in [-0.3, -0.25) is 9.59 Å². The lowest BCUT2D eigenvalue weighted by Crippen LogP contribution is -2.42. The van der Waals surface area contributed by atoms with Gasteiger partial charge in [-0.1, -0.05) is 24.3 Å². The molecule has 1 N–H and O–H groups in total. The molecule has 6 nitrogen and oxygen atoms in total. The van der Waals surface area contributed by atoms with Gasteiger partial charge in [-0.2, -0.15) is 0 Å². The van der Waals surface area contributed by atoms with Crippen LogP contribution in [0.25, 0.3) is 0 Å². The second kappa shape index (κ2) is 5.69. The van der Waals surface area contributed by atoms with E-state index in [4.69, 9.17) is 14.2 Å². The molecule has 2 atom stereocenters. The molecule has 1 aliphatic carbocycles. The minimum Gasteiger partial charge on any atom is -0.504 e. The van der Waals surface area contributed by atoms with Gasteiger partial charge in [-0.05, 0) is 23.3 Å². The molecule has 0 fully saturated rings. The molecule has 5 rings (SSSR count). The summed E-state index contributed by atoms with van der Waals surface area (Å²) in [6, 6.07) is 10.1. The maximum atomic E-state index is 13.1. The van der Waals surface area contributed by atoms with E-state index in [-0.39, 0.29) is 47.8 Å². The molecule has 27 heavy (non-hydrogen) atoms. The predicted molar refractivity (Wildman–Crippen MR) is 94.1 cm³/mol. The second-order valence-electron chi connectivity index (χ2n) is 6.82. The Bertz CT molecular complexity index is 1030. The van der Waals surface area contributed by atoms with Crippen LogP contribution in [-0.2, 0) is 16.1 Å². The van der Waals surface area contributed by atoms with Gasteiger partial charge in [0.25, 0.3) is 0 Å². The maximum Gasteiger partial charge on any atom is 0.228 e. The van der Waals surface area contributed by atoms with E-state index in [0.717, 1.165) is 11.1 Å². The van der Waals surface area contributed by atoms with Crippen molar-refractivity contribution in [2.75, 3.05) is 13.7 Å². The quantitative estimate of drug-likeness (QED) is 0.838. The van der Waals surface area contributed by atoms with Crippen molar-refractivity contribution in [2.45, 2.75) is 18.6 Å². The van der Waals surface area contributed by atoms with Gasteiger partial charge in [-0.25, -0.2) is 0 Å². The lowest BCUT2D eigenvalue weighted by atomic mass is 9.77. The van der Waals surface area contributed by atoms with Crippen LogP contribution in [0, 0.1) is 0 Å². The lowest BCUT2D eigenvalue weighted by Gasteiger charge is -2.40. The largest absolute Gasteiger partial charge is 0.504 e. The summed E-state index contributed by atoms with van der Waals surface area (Å²) >= 11 is 0. The Hall–Kier alpha value is -3.12. The highest BCUT2D eigenvalue weighted by Crippen LogP contribution is 2.45. The van der Waals surface area contributed by atoms with Crippen molar-refractivity contribution >= 4 is 11.6 Å². The Balaban J connectivity index is 1.62. The number of hydrogen-bond acceptors (Lipinski definition) is 6. The summed E-state index contributed by atoms with van der Waals surface area (Å²) in [6.45, 7) is 0.455. The third-order valence-corrected chi connectivity index (χ3v) is 5.43. The predicted octanol–water partition coefficient (Wildman–Crippen LogP) is 2.75. The fourth-order valence-electron chi connectivity index (χ4n) is 4.13. The van der Waals surface area contributed by atoms with Crippen LogP contribution in [0.2, 0.25) is 0 Å². The zero-order valence-corrected chi connectivity index (χ0v) is 14.5. The van der Waals surface area contributed by atoms with E-state index < -0.39 is 6.10 Å². The number of carbonyl (C=O) groups is 2. The van der Waals surface area contributed by atoms with E-state index in [1.54, 1.807) is 36.4 Å². The zero-order chi connectivity index (χ0) is 18.7. The van der Waals surface area contributed by atoms with Crippen LogP contribution in [0.4, 0.5) is 0 Å². The van der Waals surface area contributed by atoms with Gasteiger partial charge in [0.2, 0.25) is 5.78 Å². The number of ketones is 2. The number of rotatable bonds is 1. The van der Waals surface area contributed by atoms with Gasteiger partial charge in [0.1, 0.15) is 6.10 Å². The number of carbonyl (C=O) groups excluding carboxylic acids is 2. The Morgan fingerprint density at radius 1 is 1.11 bits per heavy atom. The van der Waals surface area contributed by atoms with Gasteiger partial charge in [-0.15, -0.1) is 0 Å². The summed E-state index contributed by atoms with van der Waals surface area (Å²) in [5.41, 5.74) is 2.72. The minimum absolute atomic E-state index is 0.0214. The average molecular weight is 364 g/mol. The molecule has 0 bridgehead atoms. The zero-order valence-electron chi connectivity index (χ0n) is 14.5. The smallest absolute Gasteiger partial charge is 0.228 e. The van der Waals surface area contributed by atoms with Gasteiger partial charge in [0.05, 0.1) is 25.9 Å². The highest BCUT2D eigenvalue weighted by molar-refractivity contribution is 6.26. The van der Waals surface area contributed by atoms with Crippen LogP contribution in [0.15, 0.2) is 47.7 Å². The van der Waals surface area contributed by atoms with Crippen LogP contribution in [0.3, 0.4) is 0 Å². The van der Waals surface area contributed by atoms with Crippen molar-refractivity contribution in [1.82, 2.24) is 0 Å². The molecule has 0 radical (unpaired) electrons. The first-order valence-corrected chi connectivity index (χ1v) is 8.67. The van der Waals surface area contributed by atoms with Crippen molar-refractivity contribution in [3.8, 4) is 11.5 Å². The molecule has 136 valence electrons. The monoisotopic (exact) mass is 364 g/mol. The number of allylic oxidation sites excluding steroid dienone is 1. The normalized spacial score (nSPS) is 23.0. The summed E-state index contributed by atoms with van der Waals surface area (Å²) in [5.74, 6) is -0.340. The van der Waals surface area contributed by atoms with E-state index in [1.165, 1.54) is 7.11 Å². The van der Waals surface area contributed by atoms with Crippen LogP contribution in [0.1, 0.15) is 37.8 Å². The first-order chi connectivity index (χ1) is 13.1. The third kappa shape index (κ3) is 2.16. The Labute approximate surface area is 155 Å². The van der Waals surface area contributed by atoms with Crippen LogP contribution in [0.5, 0.6) is 11.5 Å². The summed E-state index contributed by atoms with van der Waals surface area (Å²) < 4.78 is 16.9. The Morgan fingerprint density at radius 2 is 1.85 bits per heavy atom. The molecule has 0 saturated carbocycles. The summed E-state index contributed by atoms with van der Waals surface area (Å²) in [5, 5.41) is 10.2. The van der Waals surface area contributed by atoms with E-state index in [1.807, 2.05) is 0 Å². The van der Waals surface area contributed by atoms with Gasteiger partial charge in [0, 0.05) is 17.0 Å². The molecule has 2 aromatic carbocycles. The molecular weight excluding hydrogens is 348 g/mol. The summed E-state index contributed by atoms with van der Waals surface area (Å²) in [6.07, 6.45) is -0.584. The van der Waals surface area contributed by atoms with Crippen LogP contribution in [-0.4, -0.2) is 36.5 Å². The number of ether oxygens (including phenoxy) is 3. The van der Waals surface area contributed by atoms with Gasteiger partial charge >= 0.3 is 0 Å². The SMILES string of the molecule is COc1cc2c(cc1O)[C@H]1COC3=C(C(=O)c4ccccc4C3=O)[C@H]1OC2. The van der Waals surface area contributed by atoms with E-state index >= 15 is 0 Å². The van der Waals surface area contributed by atoms with Crippen molar-refractivity contribution in [1.29, 1.82) is 0 Å². The highest BCUT2D eigenvalue weighted by atomic mass is 16.5. The van der Waals surface area contributed by atoms with Crippen molar-refractivity contribution in [3.05, 3.63) is 70.0 Å². The number of phenols is 1. The number of Topliss-reactive ketones (excluding diaryl/α,β-unsaturated/α-hetero) is 2. The van der Waals surface area contributed by atoms with Crippen molar-refractivity contribution in [3.63, 3.8) is 0 Å². The third-order valence-electron chi connectivity index (χ3n) is 5.43. The molecule has 2 aliphatic heterocycles. The summed E-state index contributed by atoms with van der Waals surface area (Å²) in [4.78, 5) is 25.9. The second-order valence-corrected chi connectivity index (χ2v) is 6.82.